The van der Waals surface area contributed by atoms with Gasteiger partial charge in [0.2, 0.25) is 23.5 Å². The van der Waals surface area contributed by atoms with Gasteiger partial charge in [-0.15, -0.1) is 0 Å². The first kappa shape index (κ1) is 21.3. The van der Waals surface area contributed by atoms with Crippen LogP contribution in [-0.4, -0.2) is 57.9 Å². The summed E-state index contributed by atoms with van der Waals surface area (Å²) < 4.78 is 5.27. The first-order chi connectivity index (χ1) is 14.0. The Balaban J connectivity index is 1.47. The van der Waals surface area contributed by atoms with Crippen LogP contribution in [0.15, 0.2) is 28.8 Å². The Hall–Kier alpha value is -2.41. The van der Waals surface area contributed by atoms with E-state index >= 15 is 0 Å². The number of hydrogen-bond donors (Lipinski definition) is 0. The van der Waals surface area contributed by atoms with Crippen molar-refractivity contribution in [2.45, 2.75) is 39.5 Å². The van der Waals surface area contributed by atoms with Crippen LogP contribution in [0.1, 0.15) is 39.0 Å². The van der Waals surface area contributed by atoms with E-state index in [9.17, 15) is 9.59 Å². The summed E-state index contributed by atoms with van der Waals surface area (Å²) in [5.74, 6) is 1.22. The number of aryl methyl sites for hydroxylation is 1. The number of halogens is 1. The van der Waals surface area contributed by atoms with Crippen LogP contribution in [-0.2, 0) is 16.0 Å². The number of rotatable bonds is 7. The zero-order valence-corrected chi connectivity index (χ0v) is 17.7. The second kappa shape index (κ2) is 9.87. The summed E-state index contributed by atoms with van der Waals surface area (Å²) in [4.78, 5) is 33.1. The Labute approximate surface area is 176 Å². The van der Waals surface area contributed by atoms with Crippen molar-refractivity contribution in [2.24, 2.45) is 5.92 Å². The molecule has 1 aromatic carbocycles. The van der Waals surface area contributed by atoms with Crippen LogP contribution in [0.25, 0.3) is 11.4 Å². The van der Waals surface area contributed by atoms with Crippen LogP contribution in [0.2, 0.25) is 5.02 Å². The van der Waals surface area contributed by atoms with E-state index in [1.807, 2.05) is 35.8 Å². The zero-order valence-electron chi connectivity index (χ0n) is 16.9. The topological polar surface area (TPSA) is 79.5 Å². The molecule has 0 atom stereocenters. The molecule has 7 nitrogen and oxygen atoms in total. The molecule has 0 N–H and O–H groups in total. The van der Waals surface area contributed by atoms with Gasteiger partial charge in [-0.2, -0.15) is 4.98 Å². The van der Waals surface area contributed by atoms with E-state index < -0.39 is 0 Å². The van der Waals surface area contributed by atoms with E-state index in [1.54, 1.807) is 12.1 Å². The van der Waals surface area contributed by atoms with Gasteiger partial charge in [0.05, 0.1) is 0 Å². The minimum atomic E-state index is 0.0248. The largest absolute Gasteiger partial charge is 0.343 e. The maximum absolute atomic E-state index is 12.5. The van der Waals surface area contributed by atoms with Crippen LogP contribution in [0.4, 0.5) is 0 Å². The molecule has 29 heavy (non-hydrogen) atoms. The smallest absolute Gasteiger partial charge is 0.227 e. The normalized spacial score (nSPS) is 14.8. The molecule has 0 unspecified atom stereocenters. The van der Waals surface area contributed by atoms with E-state index in [-0.39, 0.29) is 17.7 Å². The second-order valence-corrected chi connectivity index (χ2v) is 7.62. The van der Waals surface area contributed by atoms with Crippen molar-refractivity contribution in [1.82, 2.24) is 19.9 Å². The van der Waals surface area contributed by atoms with Crippen molar-refractivity contribution in [3.63, 3.8) is 0 Å². The molecule has 0 radical (unpaired) electrons. The Morgan fingerprint density at radius 3 is 2.45 bits per heavy atom. The number of carbonyl (C=O) groups excluding carboxylic acids is 2. The fraction of sp³-hybridized carbons (Fsp3) is 0.524. The number of amides is 2. The lowest BCUT2D eigenvalue weighted by Crippen LogP contribution is -2.44. The standard InChI is InChI=1S/C21H27ClN4O3/c1-3-25(4-2)21(28)16-11-13-26(14-12-16)19(27)10-9-18-23-20(24-29-18)15-5-7-17(22)8-6-15/h5-8,16H,3-4,9-14H2,1-2H3. The Morgan fingerprint density at radius 2 is 1.83 bits per heavy atom. The third-order valence-corrected chi connectivity index (χ3v) is 5.65. The second-order valence-electron chi connectivity index (χ2n) is 7.18. The predicted molar refractivity (Wildman–Crippen MR) is 110 cm³/mol. The van der Waals surface area contributed by atoms with Crippen molar-refractivity contribution < 1.29 is 14.1 Å². The molecular formula is C21H27ClN4O3. The monoisotopic (exact) mass is 418 g/mol. The summed E-state index contributed by atoms with van der Waals surface area (Å²) >= 11 is 5.89. The highest BCUT2D eigenvalue weighted by atomic mass is 35.5. The number of likely N-dealkylation sites (tertiary alicyclic amines) is 1. The van der Waals surface area contributed by atoms with Gasteiger partial charge in [-0.25, -0.2) is 0 Å². The summed E-state index contributed by atoms with van der Waals surface area (Å²) in [7, 11) is 0. The minimum Gasteiger partial charge on any atom is -0.343 e. The third-order valence-electron chi connectivity index (χ3n) is 5.40. The van der Waals surface area contributed by atoms with Crippen LogP contribution >= 0.6 is 11.6 Å². The highest BCUT2D eigenvalue weighted by Crippen LogP contribution is 2.22. The maximum atomic E-state index is 12.5. The highest BCUT2D eigenvalue weighted by molar-refractivity contribution is 6.30. The van der Waals surface area contributed by atoms with E-state index in [0.29, 0.717) is 42.7 Å². The minimum absolute atomic E-state index is 0.0248. The lowest BCUT2D eigenvalue weighted by Gasteiger charge is -2.33. The van der Waals surface area contributed by atoms with Gasteiger partial charge >= 0.3 is 0 Å². The van der Waals surface area contributed by atoms with E-state index in [0.717, 1.165) is 31.5 Å². The molecule has 1 aromatic heterocycles. The first-order valence-electron chi connectivity index (χ1n) is 10.2. The molecule has 1 aliphatic rings. The van der Waals surface area contributed by atoms with E-state index in [2.05, 4.69) is 10.1 Å². The summed E-state index contributed by atoms with van der Waals surface area (Å²) in [6.07, 6.45) is 2.17. The van der Waals surface area contributed by atoms with Crippen LogP contribution in [0.3, 0.4) is 0 Å². The zero-order chi connectivity index (χ0) is 20.8. The average Bonchev–Trinajstić information content (AvgIpc) is 3.22. The predicted octanol–water partition coefficient (Wildman–Crippen LogP) is 3.43. The maximum Gasteiger partial charge on any atom is 0.227 e. The van der Waals surface area contributed by atoms with Gasteiger partial charge in [-0.1, -0.05) is 16.8 Å². The molecule has 1 aliphatic heterocycles. The SMILES string of the molecule is CCN(CC)C(=O)C1CCN(C(=O)CCc2nc(-c3ccc(Cl)cc3)no2)CC1. The molecule has 1 saturated heterocycles. The number of benzene rings is 1. The summed E-state index contributed by atoms with van der Waals surface area (Å²) in [5, 5.41) is 4.62. The van der Waals surface area contributed by atoms with Gasteiger partial charge in [0, 0.05) is 55.5 Å². The molecule has 0 saturated carbocycles. The Kier molecular flexibility index (Phi) is 7.25. The van der Waals surface area contributed by atoms with Crippen molar-refractivity contribution in [3.8, 4) is 11.4 Å². The Bertz CT molecular complexity index is 825. The van der Waals surface area contributed by atoms with Crippen molar-refractivity contribution in [1.29, 1.82) is 0 Å². The Morgan fingerprint density at radius 1 is 1.17 bits per heavy atom. The van der Waals surface area contributed by atoms with Gasteiger partial charge in [0.1, 0.15) is 0 Å². The molecular weight excluding hydrogens is 392 g/mol. The summed E-state index contributed by atoms with van der Waals surface area (Å²) in [6, 6.07) is 7.19. The number of piperidine rings is 1. The molecule has 156 valence electrons. The van der Waals surface area contributed by atoms with Crippen molar-refractivity contribution in [2.75, 3.05) is 26.2 Å². The lowest BCUT2D eigenvalue weighted by molar-refractivity contribution is -0.140. The van der Waals surface area contributed by atoms with E-state index in [4.69, 9.17) is 16.1 Å². The molecule has 1 fully saturated rings. The molecule has 0 bridgehead atoms. The third kappa shape index (κ3) is 5.35. The average molecular weight is 419 g/mol. The van der Waals surface area contributed by atoms with Gasteiger partial charge in [-0.05, 0) is 51.0 Å². The van der Waals surface area contributed by atoms with Gasteiger partial charge < -0.3 is 14.3 Å². The van der Waals surface area contributed by atoms with Crippen molar-refractivity contribution in [3.05, 3.63) is 35.2 Å². The molecule has 2 aromatic rings. The molecule has 0 spiro atoms. The molecule has 8 heteroatoms. The van der Waals surface area contributed by atoms with Crippen LogP contribution in [0, 0.1) is 5.92 Å². The molecule has 3 rings (SSSR count). The van der Waals surface area contributed by atoms with Gasteiger partial charge in [0.15, 0.2) is 0 Å². The summed E-state index contributed by atoms with van der Waals surface area (Å²) in [6.45, 7) is 6.70. The molecule has 2 heterocycles. The number of aromatic nitrogens is 2. The van der Waals surface area contributed by atoms with Gasteiger partial charge in [0.25, 0.3) is 0 Å². The fourth-order valence-electron chi connectivity index (χ4n) is 3.61. The lowest BCUT2D eigenvalue weighted by atomic mass is 9.95. The fourth-order valence-corrected chi connectivity index (χ4v) is 3.74. The van der Waals surface area contributed by atoms with E-state index in [1.165, 1.54) is 0 Å². The van der Waals surface area contributed by atoms with Crippen LogP contribution < -0.4 is 0 Å². The highest BCUT2D eigenvalue weighted by Gasteiger charge is 2.29. The van der Waals surface area contributed by atoms with Gasteiger partial charge in [-0.3, -0.25) is 9.59 Å². The summed E-state index contributed by atoms with van der Waals surface area (Å²) in [5.41, 5.74) is 0.815. The van der Waals surface area contributed by atoms with Crippen molar-refractivity contribution >= 4 is 23.4 Å². The first-order valence-corrected chi connectivity index (χ1v) is 10.5. The number of hydrogen-bond acceptors (Lipinski definition) is 5. The quantitative estimate of drug-likeness (QED) is 0.688. The number of carbonyl (C=O) groups is 2. The number of nitrogens with zero attached hydrogens (tertiary/aromatic N) is 4. The molecule has 2 amide bonds. The van der Waals surface area contributed by atoms with Crippen LogP contribution in [0.5, 0.6) is 0 Å². The molecule has 0 aliphatic carbocycles.